The van der Waals surface area contributed by atoms with Gasteiger partial charge in [0.1, 0.15) is 12.3 Å². The Hall–Kier alpha value is -2.37. The second kappa shape index (κ2) is 8.31. The van der Waals surface area contributed by atoms with E-state index < -0.39 is 17.3 Å². The summed E-state index contributed by atoms with van der Waals surface area (Å²) in [6.07, 6.45) is 0. The molecule has 1 N–H and O–H groups in total. The number of hydrogen-bond donors (Lipinski definition) is 1. The van der Waals surface area contributed by atoms with Crippen LogP contribution in [0.25, 0.3) is 0 Å². The van der Waals surface area contributed by atoms with E-state index in [1.54, 1.807) is 45.0 Å². The van der Waals surface area contributed by atoms with Crippen LogP contribution in [0.15, 0.2) is 24.3 Å². The number of carbonyl (C=O) groups is 3. The zero-order valence-corrected chi connectivity index (χ0v) is 14.0. The quantitative estimate of drug-likeness (QED) is 0.777. The van der Waals surface area contributed by atoms with Crippen LogP contribution >= 0.6 is 0 Å². The summed E-state index contributed by atoms with van der Waals surface area (Å²) in [6.45, 7) is 7.08. The van der Waals surface area contributed by atoms with Crippen LogP contribution in [0, 0.1) is 5.41 Å². The Balaban J connectivity index is 2.40. The molecule has 0 aliphatic rings. The van der Waals surface area contributed by atoms with Crippen LogP contribution in [0.5, 0.6) is 5.75 Å². The van der Waals surface area contributed by atoms with Crippen molar-refractivity contribution >= 4 is 17.7 Å². The Morgan fingerprint density at radius 2 is 1.70 bits per heavy atom. The molecule has 6 nitrogen and oxygen atoms in total. The van der Waals surface area contributed by atoms with Crippen LogP contribution in [-0.2, 0) is 14.3 Å². The van der Waals surface area contributed by atoms with E-state index in [0.717, 1.165) is 0 Å². The molecule has 0 unspecified atom stereocenters. The van der Waals surface area contributed by atoms with E-state index in [9.17, 15) is 14.4 Å². The second-order valence-corrected chi connectivity index (χ2v) is 5.97. The molecule has 1 aromatic carbocycles. The van der Waals surface area contributed by atoms with Gasteiger partial charge in [0.2, 0.25) is 0 Å². The number of rotatable bonds is 7. The lowest BCUT2D eigenvalue weighted by atomic mass is 9.91. The van der Waals surface area contributed by atoms with Crippen molar-refractivity contribution in [2.75, 3.05) is 19.8 Å². The number of ketones is 1. The van der Waals surface area contributed by atoms with Gasteiger partial charge in [0.15, 0.2) is 12.4 Å². The minimum absolute atomic E-state index is 0.177. The van der Waals surface area contributed by atoms with E-state index in [1.807, 2.05) is 6.92 Å². The van der Waals surface area contributed by atoms with E-state index in [2.05, 4.69) is 5.32 Å². The van der Waals surface area contributed by atoms with Crippen molar-refractivity contribution in [1.82, 2.24) is 5.32 Å². The normalized spacial score (nSPS) is 10.8. The molecule has 0 aliphatic heterocycles. The zero-order chi connectivity index (χ0) is 17.5. The maximum absolute atomic E-state index is 11.9. The predicted molar refractivity (Wildman–Crippen MR) is 85.4 cm³/mol. The third kappa shape index (κ3) is 6.50. The predicted octanol–water partition coefficient (Wildman–Crippen LogP) is 1.97. The topological polar surface area (TPSA) is 81.7 Å². The third-order valence-corrected chi connectivity index (χ3v) is 3.02. The van der Waals surface area contributed by atoms with Gasteiger partial charge in [0, 0.05) is 11.0 Å². The Bertz CT molecular complexity index is 557. The summed E-state index contributed by atoms with van der Waals surface area (Å²) in [5, 5.41) is 2.45. The number of ether oxygens (including phenoxy) is 2. The van der Waals surface area contributed by atoms with Gasteiger partial charge in [-0.3, -0.25) is 14.4 Å². The van der Waals surface area contributed by atoms with Crippen LogP contribution in [0.2, 0.25) is 0 Å². The molecule has 1 aromatic rings. The van der Waals surface area contributed by atoms with E-state index in [-0.39, 0.29) is 18.9 Å². The number of amides is 1. The molecule has 23 heavy (non-hydrogen) atoms. The van der Waals surface area contributed by atoms with E-state index >= 15 is 0 Å². The minimum atomic E-state index is -0.651. The molecule has 0 saturated carbocycles. The summed E-state index contributed by atoms with van der Waals surface area (Å²) in [5.41, 5.74) is -0.154. The molecule has 0 fully saturated rings. The van der Waals surface area contributed by atoms with Gasteiger partial charge in [-0.2, -0.15) is 0 Å². The summed E-state index contributed by atoms with van der Waals surface area (Å²) in [5.74, 6) is -0.554. The molecule has 0 spiro atoms. The monoisotopic (exact) mass is 321 g/mol. The number of esters is 1. The van der Waals surface area contributed by atoms with Crippen LogP contribution < -0.4 is 10.1 Å². The van der Waals surface area contributed by atoms with Gasteiger partial charge in [0.05, 0.1) is 6.61 Å². The Labute approximate surface area is 136 Å². The number of benzene rings is 1. The SMILES string of the molecule is CCOc1ccc(C(=O)NCC(=O)OCC(=O)C(C)(C)C)cc1. The fourth-order valence-electron chi connectivity index (χ4n) is 1.54. The molecule has 0 aliphatic carbocycles. The van der Waals surface area contributed by atoms with Crippen molar-refractivity contribution in [1.29, 1.82) is 0 Å². The lowest BCUT2D eigenvalue weighted by Crippen LogP contribution is -2.33. The lowest BCUT2D eigenvalue weighted by Gasteiger charge is -2.16. The third-order valence-electron chi connectivity index (χ3n) is 3.02. The van der Waals surface area contributed by atoms with Crippen molar-refractivity contribution in [3.8, 4) is 5.75 Å². The highest BCUT2D eigenvalue weighted by atomic mass is 16.5. The van der Waals surface area contributed by atoms with Crippen molar-refractivity contribution in [2.45, 2.75) is 27.7 Å². The highest BCUT2D eigenvalue weighted by molar-refractivity contribution is 5.96. The van der Waals surface area contributed by atoms with E-state index in [4.69, 9.17) is 9.47 Å². The van der Waals surface area contributed by atoms with Gasteiger partial charge in [0.25, 0.3) is 5.91 Å². The molecule has 0 saturated heterocycles. The maximum Gasteiger partial charge on any atom is 0.325 e. The van der Waals surface area contributed by atoms with Crippen LogP contribution in [0.4, 0.5) is 0 Å². The fourth-order valence-corrected chi connectivity index (χ4v) is 1.54. The summed E-state index contributed by atoms with van der Waals surface area (Å²) in [6, 6.07) is 6.57. The van der Waals surface area contributed by atoms with Gasteiger partial charge in [-0.05, 0) is 31.2 Å². The first-order valence-electron chi connectivity index (χ1n) is 7.44. The second-order valence-electron chi connectivity index (χ2n) is 5.97. The molecule has 0 bridgehead atoms. The summed E-state index contributed by atoms with van der Waals surface area (Å²) >= 11 is 0. The fraction of sp³-hybridized carbons (Fsp3) is 0.471. The van der Waals surface area contributed by atoms with Crippen molar-refractivity contribution in [3.05, 3.63) is 29.8 Å². The van der Waals surface area contributed by atoms with Crippen LogP contribution in [0.1, 0.15) is 38.1 Å². The number of Topliss-reactive ketones (excluding diaryl/α,β-unsaturated/α-hetero) is 1. The van der Waals surface area contributed by atoms with Crippen molar-refractivity contribution in [2.24, 2.45) is 5.41 Å². The number of hydrogen-bond acceptors (Lipinski definition) is 5. The van der Waals surface area contributed by atoms with Gasteiger partial charge < -0.3 is 14.8 Å². The Morgan fingerprint density at radius 3 is 2.22 bits per heavy atom. The highest BCUT2D eigenvalue weighted by Gasteiger charge is 2.22. The number of carbonyl (C=O) groups excluding carboxylic acids is 3. The van der Waals surface area contributed by atoms with Crippen LogP contribution in [-0.4, -0.2) is 37.4 Å². The lowest BCUT2D eigenvalue weighted by molar-refractivity contribution is -0.149. The molecular weight excluding hydrogens is 298 g/mol. The average molecular weight is 321 g/mol. The van der Waals surface area contributed by atoms with Gasteiger partial charge in [-0.15, -0.1) is 0 Å². The molecule has 6 heteroatoms. The van der Waals surface area contributed by atoms with Gasteiger partial charge >= 0.3 is 5.97 Å². The number of nitrogens with one attached hydrogen (secondary N) is 1. The molecule has 0 heterocycles. The highest BCUT2D eigenvalue weighted by Crippen LogP contribution is 2.14. The minimum Gasteiger partial charge on any atom is -0.494 e. The molecule has 1 amide bonds. The smallest absolute Gasteiger partial charge is 0.325 e. The van der Waals surface area contributed by atoms with Gasteiger partial charge in [-0.25, -0.2) is 0 Å². The van der Waals surface area contributed by atoms with Crippen LogP contribution in [0.3, 0.4) is 0 Å². The summed E-state index contributed by atoms with van der Waals surface area (Å²) in [4.78, 5) is 35.1. The standard InChI is InChI=1S/C17H23NO5/c1-5-22-13-8-6-12(7-9-13)16(21)18-10-15(20)23-11-14(19)17(2,3)4/h6-9H,5,10-11H2,1-4H3,(H,18,21). The first-order chi connectivity index (χ1) is 10.7. The van der Waals surface area contributed by atoms with Crippen molar-refractivity contribution in [3.63, 3.8) is 0 Å². The van der Waals surface area contributed by atoms with Gasteiger partial charge in [-0.1, -0.05) is 20.8 Å². The Kier molecular flexibility index (Phi) is 6.75. The maximum atomic E-state index is 11.9. The van der Waals surface area contributed by atoms with Crippen molar-refractivity contribution < 1.29 is 23.9 Å². The summed E-state index contributed by atoms with van der Waals surface area (Å²) in [7, 11) is 0. The molecular formula is C17H23NO5. The van der Waals surface area contributed by atoms with E-state index in [0.29, 0.717) is 17.9 Å². The first-order valence-corrected chi connectivity index (χ1v) is 7.44. The van der Waals surface area contributed by atoms with E-state index in [1.165, 1.54) is 0 Å². The average Bonchev–Trinajstić information content (AvgIpc) is 2.50. The summed E-state index contributed by atoms with van der Waals surface area (Å²) < 4.78 is 10.1. The molecule has 126 valence electrons. The largest absolute Gasteiger partial charge is 0.494 e. The molecule has 0 aromatic heterocycles. The first kappa shape index (κ1) is 18.7. The Morgan fingerprint density at radius 1 is 1.09 bits per heavy atom. The molecule has 0 radical (unpaired) electrons. The molecule has 0 atom stereocenters. The molecule has 1 rings (SSSR count). The zero-order valence-electron chi connectivity index (χ0n) is 14.0.